The molecule has 5 nitrogen and oxygen atoms in total. The van der Waals surface area contributed by atoms with Gasteiger partial charge in [-0.05, 0) is 79.3 Å². The van der Waals surface area contributed by atoms with E-state index in [4.69, 9.17) is 16.7 Å². The van der Waals surface area contributed by atoms with Crippen LogP contribution in [0.2, 0.25) is 5.02 Å². The molecule has 0 saturated carbocycles. The lowest BCUT2D eigenvalue weighted by atomic mass is 9.94. The van der Waals surface area contributed by atoms with Gasteiger partial charge in [0.2, 0.25) is 0 Å². The van der Waals surface area contributed by atoms with Crippen LogP contribution < -0.4 is 10.6 Å². The minimum atomic E-state index is -4.55. The summed E-state index contributed by atoms with van der Waals surface area (Å²) in [5.41, 5.74) is 3.82. The lowest BCUT2D eigenvalue weighted by Crippen LogP contribution is -2.38. The fourth-order valence-corrected chi connectivity index (χ4v) is 4.09. The molecule has 0 bridgehead atoms. The van der Waals surface area contributed by atoms with Gasteiger partial charge in [-0.25, -0.2) is 0 Å². The van der Waals surface area contributed by atoms with Crippen LogP contribution in [0.1, 0.15) is 45.6 Å². The number of aliphatic carboxylic acids is 1. The number of amides is 1. The molecule has 36 heavy (non-hydrogen) atoms. The topological polar surface area (TPSA) is 78.4 Å². The Labute approximate surface area is 212 Å². The standard InChI is InChI=1S/C27H26ClF3N2O3/c1-14-10-19(8-9-22(14)28)24(27(29,30)31)33-21-7-5-6-18(13-21)20-11-15(2)23(16(3)12-20)25(34)32-17(4)26(35)36/h5-13,17,24,33H,1-4H3,(H,32,34)(H,35,36)/t17?,24-/m0/s1. The molecule has 2 atom stereocenters. The molecule has 9 heteroatoms. The van der Waals surface area contributed by atoms with E-state index in [2.05, 4.69) is 10.6 Å². The molecule has 0 aliphatic rings. The summed E-state index contributed by atoms with van der Waals surface area (Å²) in [5, 5.41) is 14.5. The smallest absolute Gasteiger partial charge is 0.412 e. The molecule has 0 spiro atoms. The maximum atomic E-state index is 13.9. The van der Waals surface area contributed by atoms with Crippen molar-refractivity contribution in [1.29, 1.82) is 0 Å². The van der Waals surface area contributed by atoms with E-state index in [9.17, 15) is 22.8 Å². The van der Waals surface area contributed by atoms with Gasteiger partial charge in [-0.1, -0.05) is 48.0 Å². The number of carboxylic acid groups (broad SMARTS) is 1. The third-order valence-corrected chi connectivity index (χ3v) is 6.25. The molecule has 3 N–H and O–H groups in total. The number of carbonyl (C=O) groups excluding carboxylic acids is 1. The molecular formula is C27H26ClF3N2O3. The fraction of sp³-hybridized carbons (Fsp3) is 0.259. The summed E-state index contributed by atoms with van der Waals surface area (Å²) < 4.78 is 41.8. The highest BCUT2D eigenvalue weighted by Crippen LogP contribution is 2.37. The number of hydrogen-bond donors (Lipinski definition) is 3. The molecule has 3 aromatic carbocycles. The zero-order valence-corrected chi connectivity index (χ0v) is 20.9. The summed E-state index contributed by atoms with van der Waals surface area (Å²) in [6, 6.07) is 11.3. The molecule has 0 fully saturated rings. The number of aryl methyl sites for hydroxylation is 3. The van der Waals surface area contributed by atoms with Crippen LogP contribution in [0.5, 0.6) is 0 Å². The minimum absolute atomic E-state index is 0.0486. The van der Waals surface area contributed by atoms with Gasteiger partial charge in [0, 0.05) is 16.3 Å². The average Bonchev–Trinajstić information content (AvgIpc) is 2.78. The van der Waals surface area contributed by atoms with Crippen molar-refractivity contribution in [3.8, 4) is 11.1 Å². The molecule has 0 aliphatic carbocycles. The van der Waals surface area contributed by atoms with Gasteiger partial charge in [0.15, 0.2) is 0 Å². The van der Waals surface area contributed by atoms with Gasteiger partial charge in [0.1, 0.15) is 12.1 Å². The highest BCUT2D eigenvalue weighted by atomic mass is 35.5. The number of hydrogen-bond acceptors (Lipinski definition) is 3. The van der Waals surface area contributed by atoms with E-state index in [0.29, 0.717) is 38.4 Å². The van der Waals surface area contributed by atoms with Crippen molar-refractivity contribution >= 4 is 29.2 Å². The summed E-state index contributed by atoms with van der Waals surface area (Å²) in [5.74, 6) is -1.65. The van der Waals surface area contributed by atoms with Crippen LogP contribution in [0.25, 0.3) is 11.1 Å². The quantitative estimate of drug-likeness (QED) is 0.319. The molecule has 0 radical (unpaired) electrons. The molecule has 0 aliphatic heterocycles. The molecule has 0 aromatic heterocycles. The van der Waals surface area contributed by atoms with Gasteiger partial charge >= 0.3 is 12.1 Å². The molecule has 1 amide bonds. The van der Waals surface area contributed by atoms with Crippen molar-refractivity contribution in [1.82, 2.24) is 5.32 Å². The third kappa shape index (κ3) is 6.18. The first-order valence-electron chi connectivity index (χ1n) is 11.1. The monoisotopic (exact) mass is 518 g/mol. The predicted octanol–water partition coefficient (Wildman–Crippen LogP) is 6.85. The summed E-state index contributed by atoms with van der Waals surface area (Å²) >= 11 is 5.99. The minimum Gasteiger partial charge on any atom is -0.480 e. The van der Waals surface area contributed by atoms with E-state index >= 15 is 0 Å². The van der Waals surface area contributed by atoms with E-state index in [1.165, 1.54) is 25.1 Å². The second kappa shape index (κ2) is 10.6. The number of benzene rings is 3. The molecule has 3 rings (SSSR count). The predicted molar refractivity (Wildman–Crippen MR) is 135 cm³/mol. The Morgan fingerprint density at radius 2 is 1.56 bits per heavy atom. The van der Waals surface area contributed by atoms with Crippen LogP contribution in [0.15, 0.2) is 54.6 Å². The van der Waals surface area contributed by atoms with Gasteiger partial charge < -0.3 is 15.7 Å². The maximum absolute atomic E-state index is 13.9. The second-order valence-corrected chi connectivity index (χ2v) is 9.13. The van der Waals surface area contributed by atoms with E-state index < -0.39 is 30.1 Å². The Kier molecular flexibility index (Phi) is 7.99. The first-order chi connectivity index (χ1) is 16.8. The zero-order chi connectivity index (χ0) is 26.8. The van der Waals surface area contributed by atoms with Crippen molar-refractivity contribution in [3.63, 3.8) is 0 Å². The summed E-state index contributed by atoms with van der Waals surface area (Å²) in [4.78, 5) is 23.7. The number of carboxylic acids is 1. The van der Waals surface area contributed by atoms with Gasteiger partial charge in [-0.2, -0.15) is 13.2 Å². The number of rotatable bonds is 7. The van der Waals surface area contributed by atoms with Crippen LogP contribution in [0.4, 0.5) is 18.9 Å². The molecular weight excluding hydrogens is 493 g/mol. The van der Waals surface area contributed by atoms with Crippen molar-refractivity contribution in [3.05, 3.63) is 87.4 Å². The molecule has 0 heterocycles. The second-order valence-electron chi connectivity index (χ2n) is 8.73. The van der Waals surface area contributed by atoms with E-state index in [-0.39, 0.29) is 11.3 Å². The Morgan fingerprint density at radius 1 is 0.917 bits per heavy atom. The fourth-order valence-electron chi connectivity index (χ4n) is 3.98. The largest absolute Gasteiger partial charge is 0.480 e. The average molecular weight is 519 g/mol. The summed E-state index contributed by atoms with van der Waals surface area (Å²) in [6.07, 6.45) is -4.55. The van der Waals surface area contributed by atoms with Crippen molar-refractivity contribution in [2.75, 3.05) is 5.32 Å². The van der Waals surface area contributed by atoms with Crippen molar-refractivity contribution < 1.29 is 27.9 Å². The van der Waals surface area contributed by atoms with Gasteiger partial charge in [-0.15, -0.1) is 0 Å². The van der Waals surface area contributed by atoms with Gasteiger partial charge in [0.05, 0.1) is 0 Å². The molecule has 190 valence electrons. The highest BCUT2D eigenvalue weighted by Gasteiger charge is 2.41. The van der Waals surface area contributed by atoms with E-state index in [0.717, 1.165) is 0 Å². The van der Waals surface area contributed by atoms with Crippen LogP contribution in [-0.4, -0.2) is 29.2 Å². The van der Waals surface area contributed by atoms with Gasteiger partial charge in [-0.3, -0.25) is 9.59 Å². The van der Waals surface area contributed by atoms with Crippen LogP contribution in [0.3, 0.4) is 0 Å². The van der Waals surface area contributed by atoms with E-state index in [1.54, 1.807) is 57.2 Å². The van der Waals surface area contributed by atoms with Crippen molar-refractivity contribution in [2.45, 2.75) is 46.0 Å². The number of anilines is 1. The SMILES string of the molecule is Cc1cc([C@H](Nc2cccc(-c3cc(C)c(C(=O)NC(C)C(=O)O)c(C)c3)c2)C(F)(F)F)ccc1Cl. The van der Waals surface area contributed by atoms with Gasteiger partial charge in [0.25, 0.3) is 5.91 Å². The normalized spacial score (nSPS) is 13.1. The summed E-state index contributed by atoms with van der Waals surface area (Å²) in [7, 11) is 0. The maximum Gasteiger partial charge on any atom is 0.412 e. The Morgan fingerprint density at radius 3 is 2.11 bits per heavy atom. The van der Waals surface area contributed by atoms with Crippen molar-refractivity contribution in [2.24, 2.45) is 0 Å². The first-order valence-corrected chi connectivity index (χ1v) is 11.5. The number of carbonyl (C=O) groups is 2. The molecule has 1 unspecified atom stereocenters. The number of halogens is 4. The zero-order valence-electron chi connectivity index (χ0n) is 20.1. The lowest BCUT2D eigenvalue weighted by Gasteiger charge is -2.24. The number of alkyl halides is 3. The van der Waals surface area contributed by atoms with Crippen LogP contribution >= 0.6 is 11.6 Å². The van der Waals surface area contributed by atoms with Crippen LogP contribution in [0, 0.1) is 20.8 Å². The molecule has 3 aromatic rings. The lowest BCUT2D eigenvalue weighted by molar-refractivity contribution is -0.144. The molecule has 0 saturated heterocycles. The number of nitrogens with one attached hydrogen (secondary N) is 2. The highest BCUT2D eigenvalue weighted by molar-refractivity contribution is 6.31. The Bertz CT molecular complexity index is 1280. The summed E-state index contributed by atoms with van der Waals surface area (Å²) in [6.45, 7) is 6.47. The van der Waals surface area contributed by atoms with E-state index in [1.807, 2.05) is 0 Å². The third-order valence-electron chi connectivity index (χ3n) is 5.83. The Balaban J connectivity index is 1.93. The first kappa shape index (κ1) is 27.1. The Hall–Kier alpha value is -3.52. The van der Waals surface area contributed by atoms with Crippen LogP contribution in [-0.2, 0) is 4.79 Å².